The first-order valence-electron chi connectivity index (χ1n) is 8.32. The summed E-state index contributed by atoms with van der Waals surface area (Å²) < 4.78 is 66.8. The van der Waals surface area contributed by atoms with E-state index in [1.165, 1.54) is 29.0 Å². The van der Waals surface area contributed by atoms with Gasteiger partial charge in [0, 0.05) is 17.3 Å². The maximum absolute atomic E-state index is 12.3. The van der Waals surface area contributed by atoms with Gasteiger partial charge in [0.05, 0.1) is 16.4 Å². The highest BCUT2D eigenvalue weighted by atomic mass is 32.2. The molecule has 0 spiro atoms. The van der Waals surface area contributed by atoms with Gasteiger partial charge in [-0.25, -0.2) is 13.1 Å². The maximum Gasteiger partial charge on any atom is 0.402 e. The minimum absolute atomic E-state index is 0.0000312. The molecule has 0 aliphatic heterocycles. The second kappa shape index (κ2) is 9.09. The van der Waals surface area contributed by atoms with E-state index in [9.17, 15) is 36.5 Å². The molecule has 0 aliphatic carbocycles. The van der Waals surface area contributed by atoms with Gasteiger partial charge in [-0.2, -0.15) is 13.2 Å². The topological polar surface area (TPSA) is 128 Å². The molecular formula is C17H16F3N3O6S. The number of halogens is 3. The average molecular weight is 447 g/mol. The maximum atomic E-state index is 12.3. The van der Waals surface area contributed by atoms with Crippen molar-refractivity contribution in [1.82, 2.24) is 4.72 Å². The molecule has 2 N–H and O–H groups in total. The number of benzene rings is 2. The highest BCUT2D eigenvalue weighted by Gasteiger charge is 2.30. The van der Waals surface area contributed by atoms with Crippen LogP contribution < -0.4 is 14.8 Å². The first-order valence-corrected chi connectivity index (χ1v) is 9.80. The van der Waals surface area contributed by atoms with Crippen molar-refractivity contribution in [1.29, 1.82) is 0 Å². The number of carbonyl (C=O) groups excluding carboxylic acids is 1. The molecule has 0 unspecified atom stereocenters. The van der Waals surface area contributed by atoms with Crippen molar-refractivity contribution in [3.8, 4) is 5.75 Å². The van der Waals surface area contributed by atoms with Crippen molar-refractivity contribution in [2.45, 2.75) is 18.0 Å². The molecule has 0 radical (unpaired) electrons. The van der Waals surface area contributed by atoms with Gasteiger partial charge in [0.15, 0.2) is 5.75 Å². The lowest BCUT2D eigenvalue weighted by atomic mass is 10.1. The molecule has 2 aromatic rings. The lowest BCUT2D eigenvalue weighted by Crippen LogP contribution is -2.33. The number of amides is 1. The van der Waals surface area contributed by atoms with Crippen LogP contribution in [0.25, 0.3) is 0 Å². The van der Waals surface area contributed by atoms with E-state index in [2.05, 4.69) is 5.32 Å². The van der Waals surface area contributed by atoms with Crippen LogP contribution in [0.5, 0.6) is 5.75 Å². The Hall–Kier alpha value is -3.19. The van der Waals surface area contributed by atoms with E-state index in [4.69, 9.17) is 4.74 Å². The highest BCUT2D eigenvalue weighted by Crippen LogP contribution is 2.28. The van der Waals surface area contributed by atoms with Gasteiger partial charge in [0.2, 0.25) is 10.0 Å². The molecule has 162 valence electrons. The van der Waals surface area contributed by atoms with Crippen LogP contribution >= 0.6 is 0 Å². The van der Waals surface area contributed by atoms with Crippen molar-refractivity contribution in [3.63, 3.8) is 0 Å². The number of carbonyl (C=O) groups is 1. The van der Waals surface area contributed by atoms with Gasteiger partial charge in [0.25, 0.3) is 5.91 Å². The summed E-state index contributed by atoms with van der Waals surface area (Å²) in [7, 11) is -4.39. The number of hydrogen-bond donors (Lipinski definition) is 2. The Bertz CT molecular complexity index is 1040. The third-order valence-electron chi connectivity index (χ3n) is 3.60. The largest absolute Gasteiger partial charge is 0.487 e. The summed E-state index contributed by atoms with van der Waals surface area (Å²) in [5, 5.41) is 13.6. The second-order valence-electron chi connectivity index (χ2n) is 5.79. The Morgan fingerprint density at radius 2 is 1.80 bits per heavy atom. The van der Waals surface area contributed by atoms with Crippen LogP contribution in [0.4, 0.5) is 24.5 Å². The van der Waals surface area contributed by atoms with E-state index in [1.54, 1.807) is 6.92 Å². The molecule has 0 aliphatic rings. The number of nitro benzene ring substituents is 1. The first kappa shape index (κ1) is 23.1. The SMILES string of the molecule is CCOc1ccc(C(=O)Nc2ccc(S(=O)(=O)NCC(F)(F)F)cc2)cc1[N+](=O)[O-]. The number of hydrogen-bond acceptors (Lipinski definition) is 6. The fourth-order valence-corrected chi connectivity index (χ4v) is 3.27. The minimum atomic E-state index is -4.71. The molecule has 0 heterocycles. The molecule has 0 saturated carbocycles. The van der Waals surface area contributed by atoms with Gasteiger partial charge < -0.3 is 10.1 Å². The van der Waals surface area contributed by atoms with E-state index < -0.39 is 44.2 Å². The van der Waals surface area contributed by atoms with Crippen LogP contribution in [0.1, 0.15) is 17.3 Å². The molecule has 2 aromatic carbocycles. The van der Waals surface area contributed by atoms with E-state index in [1.807, 2.05) is 0 Å². The Kier molecular flexibility index (Phi) is 7.00. The zero-order chi connectivity index (χ0) is 22.5. The monoisotopic (exact) mass is 447 g/mol. The molecular weight excluding hydrogens is 431 g/mol. The van der Waals surface area contributed by atoms with Crippen LogP contribution in [0.3, 0.4) is 0 Å². The minimum Gasteiger partial charge on any atom is -0.487 e. The Morgan fingerprint density at radius 3 is 2.33 bits per heavy atom. The van der Waals surface area contributed by atoms with E-state index in [0.29, 0.717) is 0 Å². The average Bonchev–Trinajstić information content (AvgIpc) is 2.67. The number of anilines is 1. The summed E-state index contributed by atoms with van der Waals surface area (Å²) in [6.45, 7) is 0.122. The fraction of sp³-hybridized carbons (Fsp3) is 0.235. The molecule has 30 heavy (non-hydrogen) atoms. The number of nitrogens with zero attached hydrogens (tertiary/aromatic N) is 1. The second-order valence-corrected chi connectivity index (χ2v) is 7.56. The number of ether oxygens (including phenoxy) is 1. The van der Waals surface area contributed by atoms with Crippen molar-refractivity contribution in [2.75, 3.05) is 18.5 Å². The molecule has 0 aromatic heterocycles. The zero-order valence-corrected chi connectivity index (χ0v) is 16.2. The van der Waals surface area contributed by atoms with Gasteiger partial charge >= 0.3 is 11.9 Å². The van der Waals surface area contributed by atoms with Gasteiger partial charge in [-0.1, -0.05) is 0 Å². The normalized spacial score (nSPS) is 11.7. The van der Waals surface area contributed by atoms with Crippen LogP contribution in [-0.2, 0) is 10.0 Å². The summed E-state index contributed by atoms with van der Waals surface area (Å²) in [5.74, 6) is -0.716. The van der Waals surface area contributed by atoms with Crippen molar-refractivity contribution < 1.29 is 36.0 Å². The molecule has 0 bridgehead atoms. The predicted molar refractivity (Wildman–Crippen MR) is 99.9 cm³/mol. The van der Waals surface area contributed by atoms with Gasteiger partial charge in [-0.05, 0) is 43.3 Å². The van der Waals surface area contributed by atoms with Crippen molar-refractivity contribution in [3.05, 3.63) is 58.1 Å². The Balaban J connectivity index is 2.15. The van der Waals surface area contributed by atoms with Crippen molar-refractivity contribution in [2.24, 2.45) is 0 Å². The van der Waals surface area contributed by atoms with E-state index in [-0.39, 0.29) is 23.6 Å². The quantitative estimate of drug-likeness (QED) is 0.473. The number of nitro groups is 1. The number of sulfonamides is 1. The number of alkyl halides is 3. The summed E-state index contributed by atoms with van der Waals surface area (Å²) in [4.78, 5) is 22.3. The molecule has 2 rings (SSSR count). The molecule has 9 nitrogen and oxygen atoms in total. The van der Waals surface area contributed by atoms with E-state index in [0.717, 1.165) is 18.2 Å². The van der Waals surface area contributed by atoms with Crippen LogP contribution in [0, 0.1) is 10.1 Å². The van der Waals surface area contributed by atoms with Gasteiger partial charge in [-0.15, -0.1) is 0 Å². The van der Waals surface area contributed by atoms with Crippen LogP contribution in [-0.4, -0.2) is 38.6 Å². The molecule has 1 amide bonds. The highest BCUT2D eigenvalue weighted by molar-refractivity contribution is 7.89. The predicted octanol–water partition coefficient (Wildman–Crippen LogP) is 3.09. The fourth-order valence-electron chi connectivity index (χ4n) is 2.26. The number of nitrogens with one attached hydrogen (secondary N) is 2. The summed E-state index contributed by atoms with van der Waals surface area (Å²) in [6.07, 6.45) is -4.71. The van der Waals surface area contributed by atoms with Gasteiger partial charge in [-0.3, -0.25) is 14.9 Å². The molecule has 0 fully saturated rings. The smallest absolute Gasteiger partial charge is 0.402 e. The number of rotatable bonds is 8. The summed E-state index contributed by atoms with van der Waals surface area (Å²) in [5.41, 5.74) is -0.318. The lowest BCUT2D eigenvalue weighted by Gasteiger charge is -2.10. The molecule has 13 heteroatoms. The van der Waals surface area contributed by atoms with E-state index >= 15 is 0 Å². The molecule has 0 atom stereocenters. The Labute approximate surface area is 169 Å². The third kappa shape index (κ3) is 6.15. The summed E-state index contributed by atoms with van der Waals surface area (Å²) in [6, 6.07) is 7.97. The standard InChI is InChI=1S/C17H16F3N3O6S/c1-2-29-15-8-3-11(9-14(15)23(25)26)16(24)22-12-4-6-13(7-5-12)30(27,28)21-10-17(18,19)20/h3-9,21H,2,10H2,1H3,(H,22,24). The van der Waals surface area contributed by atoms with Crippen LogP contribution in [0.2, 0.25) is 0 Å². The Morgan fingerprint density at radius 1 is 1.17 bits per heavy atom. The zero-order valence-electron chi connectivity index (χ0n) is 15.4. The first-order chi connectivity index (χ1) is 13.9. The molecule has 0 saturated heterocycles. The van der Waals surface area contributed by atoms with Crippen molar-refractivity contribution >= 4 is 27.3 Å². The third-order valence-corrected chi connectivity index (χ3v) is 5.02. The lowest BCUT2D eigenvalue weighted by molar-refractivity contribution is -0.385. The summed E-state index contributed by atoms with van der Waals surface area (Å²) >= 11 is 0. The van der Waals surface area contributed by atoms with Crippen LogP contribution in [0.15, 0.2) is 47.4 Å². The van der Waals surface area contributed by atoms with Gasteiger partial charge in [0.1, 0.15) is 6.54 Å².